The van der Waals surface area contributed by atoms with Gasteiger partial charge in [0.2, 0.25) is 0 Å². The molecule has 3 aromatic heterocycles. The molecule has 3 heterocycles. The van der Waals surface area contributed by atoms with Crippen LogP contribution in [0.15, 0.2) is 67.3 Å². The number of aryl methyl sites for hydroxylation is 2. The molecule has 0 radical (unpaired) electrons. The predicted molar refractivity (Wildman–Crippen MR) is 121 cm³/mol. The van der Waals surface area contributed by atoms with Crippen molar-refractivity contribution in [3.8, 4) is 22.7 Å². The molecule has 5 rings (SSSR count). The first kappa shape index (κ1) is 19.7. The molecule has 0 bridgehead atoms. The Kier molecular flexibility index (Phi) is 4.82. The van der Waals surface area contributed by atoms with E-state index in [0.717, 1.165) is 39.5 Å². The summed E-state index contributed by atoms with van der Waals surface area (Å²) in [5.74, 6) is 1.10. The number of anilines is 2. The molecule has 0 fully saturated rings. The molecule has 0 aliphatic rings. The summed E-state index contributed by atoms with van der Waals surface area (Å²) in [6.45, 7) is 3.72. The molecule has 0 spiro atoms. The maximum Gasteiger partial charge on any atom is 0.161 e. The van der Waals surface area contributed by atoms with E-state index in [1.165, 1.54) is 12.1 Å². The Balaban J connectivity index is 1.51. The highest BCUT2D eigenvalue weighted by Crippen LogP contribution is 2.31. The number of imidazole rings is 1. The zero-order chi connectivity index (χ0) is 22.2. The summed E-state index contributed by atoms with van der Waals surface area (Å²) in [5, 5.41) is 7.78. The standard InChI is InChI=1S/C24H21FN6O/c1-15-11-17(25)6-8-19(15)21-13-30-10-4-5-20(24(30)28-21)27-18-7-9-22(23(12-18)32-3)31-14-26-16(2)29-31/h4-14,27H,1-3H3. The number of ether oxygens (including phenoxy) is 1. The fraction of sp³-hybridized carbons (Fsp3) is 0.125. The molecule has 8 heteroatoms. The highest BCUT2D eigenvalue weighted by Gasteiger charge is 2.13. The van der Waals surface area contributed by atoms with E-state index in [4.69, 9.17) is 9.72 Å². The number of hydrogen-bond donors (Lipinski definition) is 1. The molecule has 160 valence electrons. The Bertz CT molecular complexity index is 1440. The third kappa shape index (κ3) is 3.56. The summed E-state index contributed by atoms with van der Waals surface area (Å²) in [6, 6.07) is 14.4. The lowest BCUT2D eigenvalue weighted by Gasteiger charge is -2.12. The van der Waals surface area contributed by atoms with Gasteiger partial charge in [-0.25, -0.2) is 19.0 Å². The first-order valence-corrected chi connectivity index (χ1v) is 10.1. The minimum atomic E-state index is -0.254. The molecule has 32 heavy (non-hydrogen) atoms. The van der Waals surface area contributed by atoms with Gasteiger partial charge in [-0.2, -0.15) is 5.10 Å². The summed E-state index contributed by atoms with van der Waals surface area (Å²) in [5.41, 5.74) is 5.77. The van der Waals surface area contributed by atoms with Crippen molar-refractivity contribution >= 4 is 17.0 Å². The maximum atomic E-state index is 13.5. The van der Waals surface area contributed by atoms with Crippen molar-refractivity contribution in [2.24, 2.45) is 0 Å². The number of rotatable bonds is 5. The summed E-state index contributed by atoms with van der Waals surface area (Å²) in [4.78, 5) is 8.98. The van der Waals surface area contributed by atoms with Crippen molar-refractivity contribution in [1.29, 1.82) is 0 Å². The number of benzene rings is 2. The number of pyridine rings is 1. The van der Waals surface area contributed by atoms with Gasteiger partial charge in [0.15, 0.2) is 5.65 Å². The van der Waals surface area contributed by atoms with Gasteiger partial charge >= 0.3 is 0 Å². The molecule has 0 atom stereocenters. The molecule has 0 saturated heterocycles. The fourth-order valence-electron chi connectivity index (χ4n) is 3.72. The van der Waals surface area contributed by atoms with Gasteiger partial charge in [-0.3, -0.25) is 0 Å². The van der Waals surface area contributed by atoms with Gasteiger partial charge in [0.1, 0.15) is 29.4 Å². The molecule has 1 N–H and O–H groups in total. The highest BCUT2D eigenvalue weighted by molar-refractivity contribution is 5.78. The highest BCUT2D eigenvalue weighted by atomic mass is 19.1. The second-order valence-corrected chi connectivity index (χ2v) is 7.49. The van der Waals surface area contributed by atoms with Crippen LogP contribution < -0.4 is 10.1 Å². The Morgan fingerprint density at radius 1 is 1.06 bits per heavy atom. The van der Waals surface area contributed by atoms with Crippen LogP contribution in [0.2, 0.25) is 0 Å². The maximum absolute atomic E-state index is 13.5. The normalized spacial score (nSPS) is 11.1. The lowest BCUT2D eigenvalue weighted by Crippen LogP contribution is -2.01. The minimum Gasteiger partial charge on any atom is -0.494 e. The van der Waals surface area contributed by atoms with E-state index < -0.39 is 0 Å². The topological polar surface area (TPSA) is 69.3 Å². The number of aromatic nitrogens is 5. The molecular weight excluding hydrogens is 407 g/mol. The van der Waals surface area contributed by atoms with E-state index in [1.807, 2.05) is 61.0 Å². The second kappa shape index (κ2) is 7.81. The number of halogens is 1. The van der Waals surface area contributed by atoms with E-state index in [1.54, 1.807) is 24.2 Å². The summed E-state index contributed by atoms with van der Waals surface area (Å²) < 4.78 is 22.7. The van der Waals surface area contributed by atoms with Gasteiger partial charge in [-0.1, -0.05) is 0 Å². The average Bonchev–Trinajstić information content (AvgIpc) is 3.40. The zero-order valence-corrected chi connectivity index (χ0v) is 17.9. The number of nitrogens with zero attached hydrogens (tertiary/aromatic N) is 5. The van der Waals surface area contributed by atoms with Gasteiger partial charge in [0, 0.05) is 29.7 Å². The Hall–Kier alpha value is -4.20. The van der Waals surface area contributed by atoms with Crippen LogP contribution in [0.4, 0.5) is 15.8 Å². The van der Waals surface area contributed by atoms with Crippen molar-refractivity contribution in [3.05, 3.63) is 84.5 Å². The quantitative estimate of drug-likeness (QED) is 0.422. The first-order chi connectivity index (χ1) is 15.5. The van der Waals surface area contributed by atoms with E-state index in [-0.39, 0.29) is 5.82 Å². The third-order valence-electron chi connectivity index (χ3n) is 5.26. The molecule has 0 aliphatic carbocycles. The first-order valence-electron chi connectivity index (χ1n) is 10.1. The fourth-order valence-corrected chi connectivity index (χ4v) is 3.72. The van der Waals surface area contributed by atoms with Crippen LogP contribution in [0.25, 0.3) is 22.6 Å². The lowest BCUT2D eigenvalue weighted by molar-refractivity contribution is 0.412. The average molecular weight is 428 g/mol. The summed E-state index contributed by atoms with van der Waals surface area (Å²) >= 11 is 0. The third-order valence-corrected chi connectivity index (χ3v) is 5.26. The smallest absolute Gasteiger partial charge is 0.161 e. The Morgan fingerprint density at radius 3 is 2.69 bits per heavy atom. The van der Waals surface area contributed by atoms with Crippen LogP contribution in [-0.4, -0.2) is 31.3 Å². The lowest BCUT2D eigenvalue weighted by atomic mass is 10.1. The zero-order valence-electron chi connectivity index (χ0n) is 17.9. The van der Waals surface area contributed by atoms with Crippen LogP contribution in [0.5, 0.6) is 5.75 Å². The molecule has 5 aromatic rings. The van der Waals surface area contributed by atoms with Crippen LogP contribution >= 0.6 is 0 Å². The van der Waals surface area contributed by atoms with Crippen LogP contribution in [0.3, 0.4) is 0 Å². The van der Waals surface area contributed by atoms with Crippen molar-refractivity contribution in [3.63, 3.8) is 0 Å². The number of methoxy groups -OCH3 is 1. The number of fused-ring (bicyclic) bond motifs is 1. The molecule has 0 unspecified atom stereocenters. The van der Waals surface area contributed by atoms with Crippen LogP contribution in [0, 0.1) is 19.7 Å². The largest absolute Gasteiger partial charge is 0.494 e. The van der Waals surface area contributed by atoms with Gasteiger partial charge in [-0.05, 0) is 61.9 Å². The Labute approximate surface area is 184 Å². The number of hydrogen-bond acceptors (Lipinski definition) is 5. The van der Waals surface area contributed by atoms with Gasteiger partial charge < -0.3 is 14.5 Å². The molecule has 7 nitrogen and oxygen atoms in total. The SMILES string of the molecule is COc1cc(Nc2cccn3cc(-c4ccc(F)cc4C)nc23)ccc1-n1cnc(C)n1. The monoisotopic (exact) mass is 428 g/mol. The van der Waals surface area contributed by atoms with Crippen LogP contribution in [0.1, 0.15) is 11.4 Å². The van der Waals surface area contributed by atoms with Gasteiger partial charge in [0.25, 0.3) is 0 Å². The molecule has 0 saturated carbocycles. The van der Waals surface area contributed by atoms with Gasteiger partial charge in [0.05, 0.1) is 18.5 Å². The van der Waals surface area contributed by atoms with Gasteiger partial charge in [-0.15, -0.1) is 0 Å². The van der Waals surface area contributed by atoms with Crippen molar-refractivity contribution in [2.75, 3.05) is 12.4 Å². The van der Waals surface area contributed by atoms with E-state index in [9.17, 15) is 4.39 Å². The Morgan fingerprint density at radius 2 is 1.94 bits per heavy atom. The molecular formula is C24H21FN6O. The summed E-state index contributed by atoms with van der Waals surface area (Å²) in [7, 11) is 1.62. The van der Waals surface area contributed by atoms with E-state index in [2.05, 4.69) is 15.4 Å². The van der Waals surface area contributed by atoms with E-state index >= 15 is 0 Å². The second-order valence-electron chi connectivity index (χ2n) is 7.49. The van der Waals surface area contributed by atoms with Crippen molar-refractivity contribution < 1.29 is 9.13 Å². The molecule has 2 aromatic carbocycles. The predicted octanol–water partition coefficient (Wildman–Crippen LogP) is 5.09. The number of nitrogens with one attached hydrogen (secondary N) is 1. The van der Waals surface area contributed by atoms with Crippen molar-refractivity contribution in [2.45, 2.75) is 13.8 Å². The molecule has 0 aliphatic heterocycles. The molecule has 0 amide bonds. The minimum absolute atomic E-state index is 0.254. The summed E-state index contributed by atoms with van der Waals surface area (Å²) in [6.07, 6.45) is 5.54. The van der Waals surface area contributed by atoms with E-state index in [0.29, 0.717) is 11.6 Å². The van der Waals surface area contributed by atoms with Crippen LogP contribution in [-0.2, 0) is 0 Å². The van der Waals surface area contributed by atoms with Crippen molar-refractivity contribution in [1.82, 2.24) is 24.1 Å².